The van der Waals surface area contributed by atoms with Crippen molar-refractivity contribution in [3.8, 4) is 0 Å². The summed E-state index contributed by atoms with van der Waals surface area (Å²) in [5.41, 5.74) is 2.35. The van der Waals surface area contributed by atoms with E-state index in [1.54, 1.807) is 35.2 Å². The Kier molecular flexibility index (Phi) is 5.67. The first kappa shape index (κ1) is 19.3. The van der Waals surface area contributed by atoms with E-state index in [-0.39, 0.29) is 23.6 Å². The van der Waals surface area contributed by atoms with E-state index in [1.807, 2.05) is 11.4 Å². The minimum atomic E-state index is -0.318. The molecule has 0 radical (unpaired) electrons. The van der Waals surface area contributed by atoms with E-state index in [4.69, 9.17) is 4.84 Å². The number of halogens is 2. The lowest BCUT2D eigenvalue weighted by molar-refractivity contribution is 0.0408. The number of hydrogen-bond acceptors (Lipinski definition) is 4. The summed E-state index contributed by atoms with van der Waals surface area (Å²) in [6.45, 7) is 0.672. The first-order chi connectivity index (χ1) is 14.1. The maximum Gasteiger partial charge on any atom is 0.264 e. The van der Waals surface area contributed by atoms with Crippen molar-refractivity contribution in [3.63, 3.8) is 0 Å². The SMILES string of the molecule is O=C(c1cccs1)N(Cc1ccc(F)cc1)C[C@@H]1CC(c2ccc(F)cc2)=NO1. The highest BCUT2D eigenvalue weighted by Gasteiger charge is 2.27. The van der Waals surface area contributed by atoms with Crippen LogP contribution in [0, 0.1) is 11.6 Å². The molecule has 0 bridgehead atoms. The summed E-state index contributed by atoms with van der Waals surface area (Å²) in [6, 6.07) is 15.8. The highest BCUT2D eigenvalue weighted by molar-refractivity contribution is 7.12. The topological polar surface area (TPSA) is 41.9 Å². The van der Waals surface area contributed by atoms with Gasteiger partial charge in [-0.05, 0) is 46.8 Å². The van der Waals surface area contributed by atoms with Crippen molar-refractivity contribution < 1.29 is 18.4 Å². The van der Waals surface area contributed by atoms with Gasteiger partial charge in [0.15, 0.2) is 6.10 Å². The van der Waals surface area contributed by atoms with E-state index in [2.05, 4.69) is 5.16 Å². The number of oxime groups is 1. The molecule has 1 aliphatic rings. The van der Waals surface area contributed by atoms with Crippen molar-refractivity contribution in [3.05, 3.63) is 93.7 Å². The smallest absolute Gasteiger partial charge is 0.264 e. The lowest BCUT2D eigenvalue weighted by atomic mass is 10.0. The maximum atomic E-state index is 13.2. The summed E-state index contributed by atoms with van der Waals surface area (Å²) in [6.07, 6.45) is 0.211. The second-order valence-corrected chi connectivity index (χ2v) is 7.71. The average Bonchev–Trinajstić information content (AvgIpc) is 3.41. The molecular formula is C22H18F2N2O2S. The number of hydrogen-bond donors (Lipinski definition) is 0. The monoisotopic (exact) mass is 412 g/mol. The lowest BCUT2D eigenvalue weighted by Crippen LogP contribution is -2.37. The van der Waals surface area contributed by atoms with Gasteiger partial charge in [0.05, 0.1) is 17.1 Å². The number of amides is 1. The van der Waals surface area contributed by atoms with Gasteiger partial charge in [0.25, 0.3) is 5.91 Å². The Morgan fingerprint density at radius 3 is 2.41 bits per heavy atom. The van der Waals surface area contributed by atoms with Crippen LogP contribution in [0.4, 0.5) is 8.78 Å². The molecule has 0 aliphatic carbocycles. The summed E-state index contributed by atoms with van der Waals surface area (Å²) in [5, 5.41) is 5.97. The van der Waals surface area contributed by atoms with Crippen LogP contribution in [-0.2, 0) is 11.4 Å². The number of thiophene rings is 1. The molecule has 4 nitrogen and oxygen atoms in total. The normalized spacial score (nSPS) is 15.7. The van der Waals surface area contributed by atoms with Crippen LogP contribution in [0.1, 0.15) is 27.2 Å². The fourth-order valence-corrected chi connectivity index (χ4v) is 3.86. The second kappa shape index (κ2) is 8.53. The van der Waals surface area contributed by atoms with Gasteiger partial charge in [-0.2, -0.15) is 0 Å². The predicted molar refractivity (Wildman–Crippen MR) is 108 cm³/mol. The lowest BCUT2D eigenvalue weighted by Gasteiger charge is -2.24. The van der Waals surface area contributed by atoms with Crippen molar-refractivity contribution in [2.45, 2.75) is 19.1 Å². The number of carbonyl (C=O) groups is 1. The molecular weight excluding hydrogens is 394 g/mol. The van der Waals surface area contributed by atoms with E-state index in [9.17, 15) is 13.6 Å². The highest BCUT2D eigenvalue weighted by atomic mass is 32.1. The second-order valence-electron chi connectivity index (χ2n) is 6.77. The number of rotatable bonds is 6. The Balaban J connectivity index is 1.47. The van der Waals surface area contributed by atoms with Gasteiger partial charge in [0, 0.05) is 13.0 Å². The summed E-state index contributed by atoms with van der Waals surface area (Å²) in [4.78, 5) is 20.8. The molecule has 3 aromatic rings. The maximum absolute atomic E-state index is 13.2. The molecule has 2 aromatic carbocycles. The third-order valence-corrected chi connectivity index (χ3v) is 5.50. The summed E-state index contributed by atoms with van der Waals surface area (Å²) < 4.78 is 26.4. The fourth-order valence-electron chi connectivity index (χ4n) is 3.17. The van der Waals surface area contributed by atoms with Crippen molar-refractivity contribution in [2.75, 3.05) is 6.54 Å². The molecule has 0 fully saturated rings. The first-order valence-corrected chi connectivity index (χ1v) is 10.0. The molecule has 1 aliphatic heterocycles. The van der Waals surface area contributed by atoms with Crippen LogP contribution in [0.5, 0.6) is 0 Å². The van der Waals surface area contributed by atoms with Gasteiger partial charge < -0.3 is 9.74 Å². The molecule has 0 N–H and O–H groups in total. The zero-order valence-corrected chi connectivity index (χ0v) is 16.2. The Hall–Kier alpha value is -3.06. The molecule has 148 valence electrons. The highest BCUT2D eigenvalue weighted by Crippen LogP contribution is 2.21. The molecule has 0 saturated carbocycles. The quantitative estimate of drug-likeness (QED) is 0.580. The van der Waals surface area contributed by atoms with Crippen molar-refractivity contribution >= 4 is 23.0 Å². The van der Waals surface area contributed by atoms with E-state index < -0.39 is 0 Å². The minimum Gasteiger partial charge on any atom is -0.390 e. The van der Waals surface area contributed by atoms with E-state index in [1.165, 1.54) is 35.6 Å². The van der Waals surface area contributed by atoms with E-state index in [0.717, 1.165) is 16.8 Å². The van der Waals surface area contributed by atoms with Crippen LogP contribution in [0.15, 0.2) is 71.2 Å². The van der Waals surface area contributed by atoms with Gasteiger partial charge in [-0.15, -0.1) is 11.3 Å². The molecule has 7 heteroatoms. The van der Waals surface area contributed by atoms with Crippen LogP contribution in [-0.4, -0.2) is 29.2 Å². The van der Waals surface area contributed by atoms with E-state index >= 15 is 0 Å². The molecule has 4 rings (SSSR count). The Morgan fingerprint density at radius 2 is 1.76 bits per heavy atom. The molecule has 29 heavy (non-hydrogen) atoms. The number of carbonyl (C=O) groups excluding carboxylic acids is 1. The molecule has 1 amide bonds. The molecule has 1 aromatic heterocycles. The minimum absolute atomic E-state index is 0.108. The van der Waals surface area contributed by atoms with Gasteiger partial charge in [-0.3, -0.25) is 4.79 Å². The molecule has 0 saturated heterocycles. The van der Waals surface area contributed by atoms with Gasteiger partial charge in [-0.1, -0.05) is 35.5 Å². The fraction of sp³-hybridized carbons (Fsp3) is 0.182. The standard InChI is InChI=1S/C22H18F2N2O2S/c23-17-7-3-15(4-8-17)13-26(22(27)21-2-1-11-29-21)14-19-12-20(25-28-19)16-5-9-18(24)10-6-16/h1-11,19H,12-14H2/t19-/m0/s1. The summed E-state index contributed by atoms with van der Waals surface area (Å²) >= 11 is 1.37. The van der Waals surface area contributed by atoms with Crippen LogP contribution in [0.3, 0.4) is 0 Å². The van der Waals surface area contributed by atoms with Gasteiger partial charge in [0.2, 0.25) is 0 Å². The third kappa shape index (κ3) is 4.68. The van der Waals surface area contributed by atoms with Crippen LogP contribution in [0.25, 0.3) is 0 Å². The van der Waals surface area contributed by atoms with Crippen LogP contribution >= 0.6 is 11.3 Å². The number of nitrogens with zero attached hydrogens (tertiary/aromatic N) is 2. The van der Waals surface area contributed by atoms with E-state index in [0.29, 0.717) is 24.4 Å². The van der Waals surface area contributed by atoms with Crippen molar-refractivity contribution in [2.24, 2.45) is 5.16 Å². The third-order valence-electron chi connectivity index (χ3n) is 4.64. The zero-order valence-electron chi connectivity index (χ0n) is 15.4. The Labute approximate surface area is 171 Å². The summed E-state index contributed by atoms with van der Waals surface area (Å²) in [7, 11) is 0. The molecule has 2 heterocycles. The van der Waals surface area contributed by atoms with Gasteiger partial charge in [0.1, 0.15) is 11.6 Å². The zero-order chi connectivity index (χ0) is 20.2. The number of benzene rings is 2. The average molecular weight is 412 g/mol. The molecule has 1 atom stereocenters. The van der Waals surface area contributed by atoms with Gasteiger partial charge >= 0.3 is 0 Å². The first-order valence-electron chi connectivity index (χ1n) is 9.14. The largest absolute Gasteiger partial charge is 0.390 e. The van der Waals surface area contributed by atoms with Crippen molar-refractivity contribution in [1.29, 1.82) is 0 Å². The molecule has 0 spiro atoms. The Morgan fingerprint density at radius 1 is 1.07 bits per heavy atom. The van der Waals surface area contributed by atoms with Crippen LogP contribution in [0.2, 0.25) is 0 Å². The van der Waals surface area contributed by atoms with Crippen molar-refractivity contribution in [1.82, 2.24) is 4.90 Å². The molecule has 0 unspecified atom stereocenters. The summed E-state index contributed by atoms with van der Waals surface area (Å²) in [5.74, 6) is -0.735. The van der Waals surface area contributed by atoms with Crippen LogP contribution < -0.4 is 0 Å². The predicted octanol–water partition coefficient (Wildman–Crippen LogP) is 4.86. The van der Waals surface area contributed by atoms with Gasteiger partial charge in [-0.25, -0.2) is 8.78 Å². The Bertz CT molecular complexity index is 1000.